The summed E-state index contributed by atoms with van der Waals surface area (Å²) in [5, 5.41) is 6.48. The van der Waals surface area contributed by atoms with Gasteiger partial charge in [-0.2, -0.15) is 0 Å². The van der Waals surface area contributed by atoms with Gasteiger partial charge in [-0.15, -0.1) is 0 Å². The molecule has 1 saturated carbocycles. The van der Waals surface area contributed by atoms with Gasteiger partial charge in [0.05, 0.1) is 0 Å². The van der Waals surface area contributed by atoms with Crippen LogP contribution in [0.5, 0.6) is 5.75 Å². The Morgan fingerprint density at radius 1 is 1.32 bits per heavy atom. The number of nitrogens with one attached hydrogen (secondary N) is 2. The Labute approximate surface area is 131 Å². The van der Waals surface area contributed by atoms with E-state index in [-0.39, 0.29) is 17.8 Å². The fourth-order valence-electron chi connectivity index (χ4n) is 2.88. The van der Waals surface area contributed by atoms with E-state index < -0.39 is 0 Å². The highest BCUT2D eigenvalue weighted by Crippen LogP contribution is 2.19. The maximum Gasteiger partial charge on any atom is 0.217 e. The summed E-state index contributed by atoms with van der Waals surface area (Å²) in [4.78, 5) is 11.0. The van der Waals surface area contributed by atoms with Crippen LogP contribution >= 0.6 is 0 Å². The number of amides is 1. The standard InChI is InChI=1S/C17H25FN2O2/c1-12(22-17-5-3-4-14(18)10-17)11-19-15-6-8-16(9-7-15)20-13(2)21/h3-5,10,12,15-16,19H,6-9,11H2,1-2H3,(H,20,21). The van der Waals surface area contributed by atoms with Crippen LogP contribution in [0.15, 0.2) is 24.3 Å². The highest BCUT2D eigenvalue weighted by Gasteiger charge is 2.21. The molecular formula is C17H25FN2O2. The first-order chi connectivity index (χ1) is 10.5. The van der Waals surface area contributed by atoms with Crippen LogP contribution in [-0.4, -0.2) is 30.6 Å². The quantitative estimate of drug-likeness (QED) is 0.849. The van der Waals surface area contributed by atoms with Gasteiger partial charge in [0.2, 0.25) is 5.91 Å². The third kappa shape index (κ3) is 5.64. The van der Waals surface area contributed by atoms with Crippen LogP contribution in [0.2, 0.25) is 0 Å². The molecule has 1 aromatic carbocycles. The van der Waals surface area contributed by atoms with Crippen LogP contribution in [0.3, 0.4) is 0 Å². The minimum Gasteiger partial charge on any atom is -0.489 e. The molecule has 1 aliphatic rings. The normalized spacial score (nSPS) is 22.9. The Balaban J connectivity index is 1.67. The van der Waals surface area contributed by atoms with Gasteiger partial charge in [-0.25, -0.2) is 4.39 Å². The van der Waals surface area contributed by atoms with Crippen LogP contribution in [-0.2, 0) is 4.79 Å². The Hall–Kier alpha value is -1.62. The third-order valence-corrected chi connectivity index (χ3v) is 3.96. The number of carbonyl (C=O) groups excluding carboxylic acids is 1. The molecule has 4 nitrogen and oxygen atoms in total. The van der Waals surface area contributed by atoms with E-state index in [0.29, 0.717) is 17.8 Å². The Kier molecular flexibility index (Phi) is 6.19. The molecule has 122 valence electrons. The Morgan fingerprint density at radius 3 is 2.64 bits per heavy atom. The summed E-state index contributed by atoms with van der Waals surface area (Å²) in [6, 6.07) is 6.99. The summed E-state index contributed by atoms with van der Waals surface area (Å²) in [5.74, 6) is 0.325. The summed E-state index contributed by atoms with van der Waals surface area (Å²) in [6.07, 6.45) is 4.11. The lowest BCUT2D eigenvalue weighted by atomic mass is 9.91. The van der Waals surface area contributed by atoms with Gasteiger partial charge in [0.15, 0.2) is 0 Å². The monoisotopic (exact) mass is 308 g/mol. The second-order valence-electron chi connectivity index (χ2n) is 6.04. The van der Waals surface area contributed by atoms with E-state index in [2.05, 4.69) is 10.6 Å². The average molecular weight is 308 g/mol. The van der Waals surface area contributed by atoms with E-state index in [9.17, 15) is 9.18 Å². The van der Waals surface area contributed by atoms with E-state index in [1.54, 1.807) is 19.1 Å². The van der Waals surface area contributed by atoms with Crippen molar-refractivity contribution in [2.45, 2.75) is 57.7 Å². The summed E-state index contributed by atoms with van der Waals surface area (Å²) < 4.78 is 18.8. The molecule has 0 bridgehead atoms. The van der Waals surface area contributed by atoms with E-state index in [1.165, 1.54) is 12.1 Å². The number of hydrogen-bond donors (Lipinski definition) is 2. The molecule has 0 heterocycles. The van der Waals surface area contributed by atoms with E-state index >= 15 is 0 Å². The van der Waals surface area contributed by atoms with Crippen molar-refractivity contribution >= 4 is 5.91 Å². The highest BCUT2D eigenvalue weighted by molar-refractivity contribution is 5.73. The SMILES string of the molecule is CC(=O)NC1CCC(NCC(C)Oc2cccc(F)c2)CC1. The second-order valence-corrected chi connectivity index (χ2v) is 6.04. The molecule has 0 aliphatic heterocycles. The molecule has 1 amide bonds. The molecule has 1 aliphatic carbocycles. The molecule has 2 rings (SSSR count). The first kappa shape index (κ1) is 16.7. The summed E-state index contributed by atoms with van der Waals surface area (Å²) in [5.41, 5.74) is 0. The predicted molar refractivity (Wildman–Crippen MR) is 84.4 cm³/mol. The lowest BCUT2D eigenvalue weighted by Gasteiger charge is -2.30. The van der Waals surface area contributed by atoms with Crippen molar-refractivity contribution in [3.05, 3.63) is 30.1 Å². The fraction of sp³-hybridized carbons (Fsp3) is 0.588. The van der Waals surface area contributed by atoms with Gasteiger partial charge in [0.25, 0.3) is 0 Å². The Morgan fingerprint density at radius 2 is 2.00 bits per heavy atom. The van der Waals surface area contributed by atoms with Crippen molar-refractivity contribution in [2.24, 2.45) is 0 Å². The molecule has 1 atom stereocenters. The fourth-order valence-corrected chi connectivity index (χ4v) is 2.88. The lowest BCUT2D eigenvalue weighted by molar-refractivity contribution is -0.119. The number of rotatable bonds is 6. The van der Waals surface area contributed by atoms with E-state index in [0.717, 1.165) is 32.2 Å². The van der Waals surface area contributed by atoms with Gasteiger partial charge < -0.3 is 15.4 Å². The average Bonchev–Trinajstić information content (AvgIpc) is 2.46. The predicted octanol–water partition coefficient (Wildman–Crippen LogP) is 2.63. The van der Waals surface area contributed by atoms with Crippen molar-refractivity contribution in [1.29, 1.82) is 0 Å². The summed E-state index contributed by atoms with van der Waals surface area (Å²) in [6.45, 7) is 4.27. The first-order valence-electron chi connectivity index (χ1n) is 7.95. The van der Waals surface area contributed by atoms with Crippen molar-refractivity contribution in [2.75, 3.05) is 6.54 Å². The molecule has 22 heavy (non-hydrogen) atoms. The minimum atomic E-state index is -0.283. The largest absolute Gasteiger partial charge is 0.489 e. The zero-order chi connectivity index (χ0) is 15.9. The number of hydrogen-bond acceptors (Lipinski definition) is 3. The number of carbonyl (C=O) groups is 1. The van der Waals surface area contributed by atoms with Crippen LogP contribution < -0.4 is 15.4 Å². The maximum atomic E-state index is 13.1. The molecule has 0 radical (unpaired) electrons. The van der Waals surface area contributed by atoms with Crippen molar-refractivity contribution in [3.63, 3.8) is 0 Å². The van der Waals surface area contributed by atoms with Crippen LogP contribution in [0, 0.1) is 5.82 Å². The summed E-state index contributed by atoms with van der Waals surface area (Å²) in [7, 11) is 0. The summed E-state index contributed by atoms with van der Waals surface area (Å²) >= 11 is 0. The van der Waals surface area contributed by atoms with Crippen LogP contribution in [0.1, 0.15) is 39.5 Å². The molecule has 2 N–H and O–H groups in total. The van der Waals surface area contributed by atoms with Gasteiger partial charge in [-0.3, -0.25) is 4.79 Å². The number of ether oxygens (including phenoxy) is 1. The van der Waals surface area contributed by atoms with Crippen molar-refractivity contribution < 1.29 is 13.9 Å². The van der Waals surface area contributed by atoms with Crippen LogP contribution in [0.25, 0.3) is 0 Å². The number of benzene rings is 1. The molecular weight excluding hydrogens is 283 g/mol. The van der Waals surface area contributed by atoms with Gasteiger partial charge in [0.1, 0.15) is 17.7 Å². The first-order valence-corrected chi connectivity index (χ1v) is 7.95. The molecule has 5 heteroatoms. The molecule has 1 fully saturated rings. The third-order valence-electron chi connectivity index (χ3n) is 3.96. The Bertz CT molecular complexity index is 487. The van der Waals surface area contributed by atoms with E-state index in [4.69, 9.17) is 4.74 Å². The molecule has 0 saturated heterocycles. The smallest absolute Gasteiger partial charge is 0.217 e. The molecule has 0 spiro atoms. The van der Waals surface area contributed by atoms with Crippen molar-refractivity contribution in [3.8, 4) is 5.75 Å². The lowest BCUT2D eigenvalue weighted by Crippen LogP contribution is -2.43. The maximum absolute atomic E-state index is 13.1. The topological polar surface area (TPSA) is 50.4 Å². The van der Waals surface area contributed by atoms with Crippen LogP contribution in [0.4, 0.5) is 4.39 Å². The second kappa shape index (κ2) is 8.13. The van der Waals surface area contributed by atoms with E-state index in [1.807, 2.05) is 6.92 Å². The molecule has 1 unspecified atom stereocenters. The minimum absolute atomic E-state index is 0.0186. The van der Waals surface area contributed by atoms with Gasteiger partial charge in [-0.05, 0) is 44.7 Å². The zero-order valence-electron chi connectivity index (χ0n) is 13.3. The molecule has 0 aromatic heterocycles. The molecule has 1 aromatic rings. The van der Waals surface area contributed by atoms with Crippen molar-refractivity contribution in [1.82, 2.24) is 10.6 Å². The van der Waals surface area contributed by atoms with Gasteiger partial charge in [0, 0.05) is 31.6 Å². The highest BCUT2D eigenvalue weighted by atomic mass is 19.1. The van der Waals surface area contributed by atoms with Gasteiger partial charge in [-0.1, -0.05) is 6.07 Å². The van der Waals surface area contributed by atoms with Gasteiger partial charge >= 0.3 is 0 Å². The zero-order valence-corrected chi connectivity index (χ0v) is 13.3. The number of halogens is 1.